The Morgan fingerprint density at radius 1 is 1.04 bits per heavy atom. The van der Waals surface area contributed by atoms with Crippen molar-refractivity contribution in [2.24, 2.45) is 17.3 Å². The van der Waals surface area contributed by atoms with Gasteiger partial charge in [-0.25, -0.2) is 9.78 Å². The van der Waals surface area contributed by atoms with E-state index in [-0.39, 0.29) is 35.1 Å². The fourth-order valence-electron chi connectivity index (χ4n) is 7.12. The lowest BCUT2D eigenvalue weighted by Crippen LogP contribution is -2.52. The van der Waals surface area contributed by atoms with Crippen LogP contribution < -0.4 is 0 Å². The summed E-state index contributed by atoms with van der Waals surface area (Å²) in [5, 5.41) is 3.08. The van der Waals surface area contributed by atoms with Crippen LogP contribution in [0.25, 0.3) is 6.08 Å². The van der Waals surface area contributed by atoms with Crippen molar-refractivity contribution in [2.45, 2.75) is 186 Å². The van der Waals surface area contributed by atoms with Crippen LogP contribution in [-0.2, 0) is 27.9 Å². The van der Waals surface area contributed by atoms with Gasteiger partial charge in [-0.2, -0.15) is 0 Å². The summed E-state index contributed by atoms with van der Waals surface area (Å²) < 4.78 is 29.5. The molecule has 0 aliphatic carbocycles. The zero-order chi connectivity index (χ0) is 42.9. The van der Waals surface area contributed by atoms with Crippen LogP contribution in [0.4, 0.5) is 4.79 Å². The van der Waals surface area contributed by atoms with E-state index in [1.54, 1.807) is 17.4 Å². The maximum absolute atomic E-state index is 14.5. The van der Waals surface area contributed by atoms with Crippen LogP contribution in [0.15, 0.2) is 23.6 Å². The predicted molar refractivity (Wildman–Crippen MR) is 240 cm³/mol. The lowest BCUT2D eigenvalue weighted by molar-refractivity contribution is -0.141. The van der Waals surface area contributed by atoms with Crippen molar-refractivity contribution in [1.82, 2.24) is 4.98 Å². The molecule has 0 aromatic carbocycles. The Morgan fingerprint density at radius 3 is 2.14 bits per heavy atom. The van der Waals surface area contributed by atoms with E-state index in [4.69, 9.17) is 57.9 Å². The van der Waals surface area contributed by atoms with Gasteiger partial charge in [-0.3, -0.25) is 4.79 Å². The Bertz CT molecular complexity index is 1450. The third-order valence-electron chi connectivity index (χ3n) is 12.2. The molecule has 1 aromatic heterocycles. The number of ketones is 1. The van der Waals surface area contributed by atoms with Crippen LogP contribution in [0.5, 0.6) is 0 Å². The average molecular weight is 898 g/mol. The SMILES string of the molecule is C=CC[C@H](O[Si](C)(C)C(C)(C)C)C(C)(C)C(=O)[C@H](C)[C@@H](OC(=O)OCC(Cl)(Cl)Cl)[C@@H](C)CCC[C@H]1O[C@H]1C[C@H](O[Si](CC)(CC)CC)/C(C)=C/c1csc(C)n1. The molecule has 56 heavy (non-hydrogen) atoms. The van der Waals surface area contributed by atoms with Crippen molar-refractivity contribution < 1.29 is 32.7 Å². The Morgan fingerprint density at radius 2 is 1.64 bits per heavy atom. The highest BCUT2D eigenvalue weighted by Gasteiger charge is 2.48. The summed E-state index contributed by atoms with van der Waals surface area (Å²) in [7, 11) is -4.14. The van der Waals surface area contributed by atoms with Crippen LogP contribution in [0.2, 0.25) is 36.3 Å². The Hall–Kier alpha value is -0.766. The molecule has 1 saturated heterocycles. The molecule has 0 unspecified atom stereocenters. The van der Waals surface area contributed by atoms with Gasteiger partial charge in [-0.1, -0.05) is 117 Å². The lowest BCUT2D eigenvalue weighted by atomic mass is 9.73. The Balaban J connectivity index is 2.23. The molecule has 1 fully saturated rings. The molecule has 8 nitrogen and oxygen atoms in total. The first-order chi connectivity index (χ1) is 25.8. The maximum Gasteiger partial charge on any atom is 0.508 e. The minimum absolute atomic E-state index is 0.0327. The molecule has 0 spiro atoms. The van der Waals surface area contributed by atoms with Crippen LogP contribution in [0.3, 0.4) is 0 Å². The van der Waals surface area contributed by atoms with E-state index in [9.17, 15) is 9.59 Å². The summed E-state index contributed by atoms with van der Waals surface area (Å²) in [6.45, 7) is 33.0. The molecule has 0 radical (unpaired) electrons. The number of ether oxygens (including phenoxy) is 3. The normalized spacial score (nSPS) is 19.8. The highest BCUT2D eigenvalue weighted by atomic mass is 35.6. The van der Waals surface area contributed by atoms with Crippen LogP contribution in [0.1, 0.15) is 119 Å². The minimum Gasteiger partial charge on any atom is -0.430 e. The van der Waals surface area contributed by atoms with Gasteiger partial charge < -0.3 is 23.1 Å². The van der Waals surface area contributed by atoms with Gasteiger partial charge in [0.2, 0.25) is 3.79 Å². The van der Waals surface area contributed by atoms with Crippen LogP contribution in [-0.4, -0.2) is 74.5 Å². The van der Waals surface area contributed by atoms with E-state index >= 15 is 0 Å². The molecular weight excluding hydrogens is 825 g/mol. The van der Waals surface area contributed by atoms with Crippen LogP contribution in [0, 0.1) is 24.2 Å². The second kappa shape index (κ2) is 21.7. The number of hydrogen-bond donors (Lipinski definition) is 0. The third-order valence-corrected chi connectivity index (χ3v) is 22.5. The zero-order valence-corrected chi connectivity index (χ0v) is 41.8. The first-order valence-corrected chi connectivity index (χ1v) is 27.9. The van der Waals surface area contributed by atoms with Crippen molar-refractivity contribution in [3.05, 3.63) is 34.3 Å². The molecule has 7 atom stereocenters. The second-order valence-electron chi connectivity index (χ2n) is 17.9. The van der Waals surface area contributed by atoms with Gasteiger partial charge in [0.1, 0.15) is 18.5 Å². The molecule has 2 rings (SSSR count). The lowest BCUT2D eigenvalue weighted by Gasteiger charge is -2.44. The van der Waals surface area contributed by atoms with Crippen molar-refractivity contribution in [3.63, 3.8) is 0 Å². The molecule has 1 aliphatic heterocycles. The van der Waals surface area contributed by atoms with Gasteiger partial charge in [0, 0.05) is 17.2 Å². The molecule has 0 amide bonds. The summed E-state index contributed by atoms with van der Waals surface area (Å²) in [5.74, 6) is -0.919. The highest BCUT2D eigenvalue weighted by molar-refractivity contribution is 7.09. The van der Waals surface area contributed by atoms with Crippen molar-refractivity contribution in [2.75, 3.05) is 6.61 Å². The van der Waals surface area contributed by atoms with Crippen molar-refractivity contribution in [1.29, 1.82) is 0 Å². The summed E-state index contributed by atoms with van der Waals surface area (Å²) in [4.78, 5) is 32.2. The molecule has 0 saturated carbocycles. The molecule has 322 valence electrons. The molecule has 0 N–H and O–H groups in total. The van der Waals surface area contributed by atoms with Gasteiger partial charge in [0.25, 0.3) is 0 Å². The van der Waals surface area contributed by atoms with Gasteiger partial charge in [-0.05, 0) is 86.9 Å². The van der Waals surface area contributed by atoms with E-state index in [1.165, 1.54) is 5.57 Å². The number of alkyl halides is 3. The predicted octanol–water partition coefficient (Wildman–Crippen LogP) is 13.3. The highest BCUT2D eigenvalue weighted by Crippen LogP contribution is 2.43. The van der Waals surface area contributed by atoms with E-state index in [0.29, 0.717) is 12.8 Å². The number of aryl methyl sites for hydroxylation is 1. The molecular formula is C42H72Cl3NO7SSi2. The minimum atomic E-state index is -2.25. The summed E-state index contributed by atoms with van der Waals surface area (Å²) in [6, 6.07) is 3.22. The zero-order valence-electron chi connectivity index (χ0n) is 36.7. The second-order valence-corrected chi connectivity index (χ2v) is 30.9. The maximum atomic E-state index is 14.5. The standard InChI is InChI=1S/C42H72Cl3NO7SSi2/c1-16-21-36(53-55(14,15)40(9,10)11)41(12,13)38(47)30(7)37(51-39(48)49-27-42(43,44)45)28(5)22-20-23-33-35(50-33)25-34(52-56(17-2,18-3)19-4)29(6)24-32-26-54-31(8)46-32/h16,24,26,28,30,33-37H,1,17-23,25,27H2,2-15H3/b29-24+/t28-,30+,33+,34-,35-,36-,37-/m0/s1. The largest absolute Gasteiger partial charge is 0.508 e. The molecule has 2 heterocycles. The van der Waals surface area contributed by atoms with Crippen molar-refractivity contribution >= 4 is 80.8 Å². The number of carbonyl (C=O) groups excluding carboxylic acids is 2. The summed E-state index contributed by atoms with van der Waals surface area (Å²) >= 11 is 19.2. The first kappa shape index (κ1) is 51.4. The number of rotatable bonds is 24. The number of Topliss-reactive ketones (excluding diaryl/α,β-unsaturated/α-hetero) is 1. The first-order valence-electron chi connectivity index (χ1n) is 20.4. The van der Waals surface area contributed by atoms with E-state index in [0.717, 1.165) is 48.1 Å². The van der Waals surface area contributed by atoms with Crippen molar-refractivity contribution in [3.8, 4) is 0 Å². The monoisotopic (exact) mass is 895 g/mol. The fourth-order valence-corrected chi connectivity index (χ4v) is 12.2. The molecule has 0 bridgehead atoms. The third kappa shape index (κ3) is 15.4. The number of aromatic nitrogens is 1. The fraction of sp³-hybridized carbons (Fsp3) is 0.786. The Labute approximate surface area is 360 Å². The molecule has 1 aliphatic rings. The quantitative estimate of drug-likeness (QED) is 0.0333. The summed E-state index contributed by atoms with van der Waals surface area (Å²) in [5.41, 5.74) is 1.25. The van der Waals surface area contributed by atoms with E-state index < -0.39 is 56.7 Å². The van der Waals surface area contributed by atoms with Crippen LogP contribution >= 0.6 is 46.1 Å². The Kier molecular flexibility index (Phi) is 19.9. The average Bonchev–Trinajstić information content (AvgIpc) is 3.72. The van der Waals surface area contributed by atoms with Gasteiger partial charge in [-0.15, -0.1) is 17.9 Å². The van der Waals surface area contributed by atoms with Gasteiger partial charge in [0.15, 0.2) is 16.6 Å². The molecule has 1 aromatic rings. The number of halogens is 3. The molecule has 14 heteroatoms. The number of nitrogens with zero attached hydrogens (tertiary/aromatic N) is 1. The smallest absolute Gasteiger partial charge is 0.430 e. The van der Waals surface area contributed by atoms with E-state index in [2.05, 4.69) is 84.6 Å². The number of epoxide rings is 1. The number of carbonyl (C=O) groups is 2. The number of thiazole rings is 1. The van der Waals surface area contributed by atoms with Gasteiger partial charge in [0.05, 0.1) is 41.0 Å². The topological polar surface area (TPSA) is 96.5 Å². The summed E-state index contributed by atoms with van der Waals surface area (Å²) in [6.07, 6.45) is 5.64. The van der Waals surface area contributed by atoms with Gasteiger partial charge >= 0.3 is 6.16 Å². The number of hydrogen-bond acceptors (Lipinski definition) is 9. The van der Waals surface area contributed by atoms with E-state index in [1.807, 2.05) is 34.6 Å².